The van der Waals surface area contributed by atoms with Crippen LogP contribution >= 0.6 is 15.9 Å². The lowest BCUT2D eigenvalue weighted by atomic mass is 9.79. The Morgan fingerprint density at radius 1 is 1.08 bits per heavy atom. The van der Waals surface area contributed by atoms with E-state index in [-0.39, 0.29) is 22.8 Å². The number of aryl methyl sites for hydroxylation is 1. The van der Waals surface area contributed by atoms with Crippen molar-refractivity contribution in [3.05, 3.63) is 81.3 Å². The average molecular weight is 573 g/mol. The first-order valence-corrected chi connectivity index (χ1v) is 13.1. The van der Waals surface area contributed by atoms with E-state index in [1.165, 1.54) is 13.2 Å². The van der Waals surface area contributed by atoms with Crippen LogP contribution in [0.3, 0.4) is 0 Å². The van der Waals surface area contributed by atoms with Crippen LogP contribution < -0.4 is 15.0 Å². The molecule has 4 nitrogen and oxygen atoms in total. The minimum atomic E-state index is -4.52. The van der Waals surface area contributed by atoms with Crippen molar-refractivity contribution in [2.24, 2.45) is 0 Å². The Kier molecular flexibility index (Phi) is 6.73. The van der Waals surface area contributed by atoms with Crippen LogP contribution in [0.25, 0.3) is 11.1 Å². The van der Waals surface area contributed by atoms with Gasteiger partial charge in [0.2, 0.25) is 0 Å². The number of urea groups is 1. The van der Waals surface area contributed by atoms with E-state index in [0.717, 1.165) is 58.6 Å². The van der Waals surface area contributed by atoms with Gasteiger partial charge in [0.1, 0.15) is 5.75 Å². The summed E-state index contributed by atoms with van der Waals surface area (Å²) in [4.78, 5) is 15.1. The molecule has 8 heteroatoms. The van der Waals surface area contributed by atoms with Gasteiger partial charge in [-0.3, -0.25) is 4.90 Å². The lowest BCUT2D eigenvalue weighted by Crippen LogP contribution is -2.41. The first kappa shape index (κ1) is 25.6. The third-order valence-electron chi connectivity index (χ3n) is 7.63. The smallest absolute Gasteiger partial charge is 0.417 e. The molecule has 3 aromatic carbocycles. The molecule has 0 saturated heterocycles. The molecule has 37 heavy (non-hydrogen) atoms. The molecule has 0 radical (unpaired) electrons. The summed E-state index contributed by atoms with van der Waals surface area (Å²) in [7, 11) is 1.35. The van der Waals surface area contributed by atoms with Crippen LogP contribution in [0, 0.1) is 6.92 Å². The van der Waals surface area contributed by atoms with Gasteiger partial charge in [0, 0.05) is 28.7 Å². The molecule has 2 amide bonds. The molecule has 1 spiro atoms. The second kappa shape index (κ2) is 9.71. The van der Waals surface area contributed by atoms with E-state index >= 15 is 0 Å². The van der Waals surface area contributed by atoms with Gasteiger partial charge in [-0.1, -0.05) is 53.0 Å². The summed E-state index contributed by atoms with van der Waals surface area (Å²) in [6.45, 7) is 2.93. The van der Waals surface area contributed by atoms with Crippen molar-refractivity contribution < 1.29 is 22.7 Å². The maximum absolute atomic E-state index is 13.9. The predicted molar refractivity (Wildman–Crippen MR) is 142 cm³/mol. The molecule has 2 aliphatic rings. The highest BCUT2D eigenvalue weighted by atomic mass is 79.9. The molecule has 0 aromatic heterocycles. The van der Waals surface area contributed by atoms with Gasteiger partial charge in [-0.2, -0.15) is 13.2 Å². The Bertz CT molecular complexity index is 1350. The molecule has 0 bridgehead atoms. The summed E-state index contributed by atoms with van der Waals surface area (Å²) in [5, 5.41) is 3.03. The third-order valence-corrected chi connectivity index (χ3v) is 8.52. The van der Waals surface area contributed by atoms with E-state index in [0.29, 0.717) is 18.7 Å². The first-order chi connectivity index (χ1) is 17.6. The zero-order valence-electron chi connectivity index (χ0n) is 20.7. The zero-order valence-corrected chi connectivity index (χ0v) is 22.3. The van der Waals surface area contributed by atoms with E-state index in [9.17, 15) is 18.0 Å². The fourth-order valence-electron chi connectivity index (χ4n) is 5.72. The number of rotatable bonds is 4. The number of carbonyl (C=O) groups is 1. The standard InChI is InChI=1S/C29H28BrF3N2O2/c1-18-13-19(5-9-25(18)30)16-34-27(36)35-17-28(11-3-4-12-28)24-14-20(6-10-26(24)35)22-8-7-21(37-2)15-23(22)29(31,32)33/h5-10,13-15H,3-4,11-12,16-17H2,1-2H3,(H,34,36). The Hall–Kier alpha value is -3.00. The molecule has 1 heterocycles. The fraction of sp³-hybridized carbons (Fsp3) is 0.345. The number of alkyl halides is 3. The molecule has 1 N–H and O–H groups in total. The highest BCUT2D eigenvalue weighted by molar-refractivity contribution is 9.10. The van der Waals surface area contributed by atoms with Crippen LogP contribution in [0.4, 0.5) is 23.7 Å². The van der Waals surface area contributed by atoms with Gasteiger partial charge in [0.25, 0.3) is 0 Å². The molecule has 1 fully saturated rings. The van der Waals surface area contributed by atoms with Crippen molar-refractivity contribution in [2.75, 3.05) is 18.6 Å². The Balaban J connectivity index is 1.48. The van der Waals surface area contributed by atoms with Crippen molar-refractivity contribution in [3.8, 4) is 16.9 Å². The van der Waals surface area contributed by atoms with Gasteiger partial charge in [-0.05, 0) is 77.9 Å². The van der Waals surface area contributed by atoms with Crippen LogP contribution in [-0.2, 0) is 18.1 Å². The van der Waals surface area contributed by atoms with Crippen LogP contribution in [0.1, 0.15) is 47.9 Å². The summed E-state index contributed by atoms with van der Waals surface area (Å²) >= 11 is 3.50. The summed E-state index contributed by atoms with van der Waals surface area (Å²) in [6.07, 6.45) is -0.631. The number of nitrogens with one attached hydrogen (secondary N) is 1. The number of anilines is 1. The van der Waals surface area contributed by atoms with Crippen LogP contribution in [0.5, 0.6) is 5.75 Å². The predicted octanol–water partition coefficient (Wildman–Crippen LogP) is 7.99. The van der Waals surface area contributed by atoms with Crippen LogP contribution in [0.15, 0.2) is 59.1 Å². The summed E-state index contributed by atoms with van der Waals surface area (Å²) in [5.74, 6) is 0.160. The average Bonchev–Trinajstić information content (AvgIpc) is 3.48. The highest BCUT2D eigenvalue weighted by Gasteiger charge is 2.46. The highest BCUT2D eigenvalue weighted by Crippen LogP contribution is 2.52. The lowest BCUT2D eigenvalue weighted by molar-refractivity contribution is -0.137. The monoisotopic (exact) mass is 572 g/mol. The normalized spacial score (nSPS) is 16.2. The molecule has 0 atom stereocenters. The van der Waals surface area contributed by atoms with E-state index in [1.54, 1.807) is 23.1 Å². The maximum Gasteiger partial charge on any atom is 0.417 e. The Morgan fingerprint density at radius 2 is 1.84 bits per heavy atom. The molecular formula is C29H28BrF3N2O2. The third kappa shape index (κ3) is 4.83. The molecule has 0 unspecified atom stereocenters. The number of fused-ring (bicyclic) bond motifs is 2. The second-order valence-corrected chi connectivity index (χ2v) is 10.8. The van der Waals surface area contributed by atoms with Crippen molar-refractivity contribution >= 4 is 27.6 Å². The van der Waals surface area contributed by atoms with Crippen molar-refractivity contribution in [3.63, 3.8) is 0 Å². The van der Waals surface area contributed by atoms with Gasteiger partial charge in [0.15, 0.2) is 0 Å². The maximum atomic E-state index is 13.9. The zero-order chi connectivity index (χ0) is 26.4. The number of halogens is 4. The van der Waals surface area contributed by atoms with Gasteiger partial charge in [-0.25, -0.2) is 4.79 Å². The number of methoxy groups -OCH3 is 1. The van der Waals surface area contributed by atoms with Crippen molar-refractivity contribution in [1.29, 1.82) is 0 Å². The lowest BCUT2D eigenvalue weighted by Gasteiger charge is -2.25. The van der Waals surface area contributed by atoms with Crippen molar-refractivity contribution in [1.82, 2.24) is 5.32 Å². The van der Waals surface area contributed by atoms with Crippen LogP contribution in [-0.4, -0.2) is 19.7 Å². The molecule has 3 aromatic rings. The SMILES string of the molecule is COc1ccc(-c2ccc3c(c2)C2(CCCC2)CN3C(=O)NCc2ccc(Br)c(C)c2)c(C(F)(F)F)c1. The number of hydrogen-bond donors (Lipinski definition) is 1. The first-order valence-electron chi connectivity index (χ1n) is 12.3. The largest absolute Gasteiger partial charge is 0.497 e. The van der Waals surface area contributed by atoms with Gasteiger partial charge < -0.3 is 10.1 Å². The van der Waals surface area contributed by atoms with Gasteiger partial charge in [-0.15, -0.1) is 0 Å². The van der Waals surface area contributed by atoms with Gasteiger partial charge >= 0.3 is 12.2 Å². The van der Waals surface area contributed by atoms with E-state index in [4.69, 9.17) is 4.74 Å². The summed E-state index contributed by atoms with van der Waals surface area (Å²) in [5.41, 5.74) is 3.46. The van der Waals surface area contributed by atoms with Crippen molar-refractivity contribution in [2.45, 2.75) is 50.7 Å². The fourth-order valence-corrected chi connectivity index (χ4v) is 5.97. The molecule has 5 rings (SSSR count). The Labute approximate surface area is 222 Å². The number of amides is 2. The minimum Gasteiger partial charge on any atom is -0.497 e. The van der Waals surface area contributed by atoms with Crippen LogP contribution in [0.2, 0.25) is 0 Å². The molecule has 1 aliphatic heterocycles. The molecule has 1 saturated carbocycles. The summed E-state index contributed by atoms with van der Waals surface area (Å²) in [6, 6.07) is 15.2. The number of hydrogen-bond acceptors (Lipinski definition) is 2. The Morgan fingerprint density at radius 3 is 2.51 bits per heavy atom. The molecular weight excluding hydrogens is 545 g/mol. The van der Waals surface area contributed by atoms with E-state index < -0.39 is 11.7 Å². The molecule has 194 valence electrons. The van der Waals surface area contributed by atoms with Gasteiger partial charge in [0.05, 0.1) is 12.7 Å². The number of carbonyl (C=O) groups excluding carboxylic acids is 1. The quantitative estimate of drug-likeness (QED) is 0.344. The topological polar surface area (TPSA) is 41.6 Å². The minimum absolute atomic E-state index is 0.109. The number of ether oxygens (including phenoxy) is 1. The summed E-state index contributed by atoms with van der Waals surface area (Å²) < 4.78 is 47.9. The van der Waals surface area contributed by atoms with E-state index in [2.05, 4.69) is 21.2 Å². The number of benzene rings is 3. The molecule has 1 aliphatic carbocycles. The number of nitrogens with zero attached hydrogens (tertiary/aromatic N) is 1. The van der Waals surface area contributed by atoms with E-state index in [1.807, 2.05) is 31.2 Å². The second-order valence-electron chi connectivity index (χ2n) is 9.96.